The molecule has 0 saturated carbocycles. The zero-order valence-electron chi connectivity index (χ0n) is 13.9. The van der Waals surface area contributed by atoms with Crippen molar-refractivity contribution in [2.45, 2.75) is 24.7 Å². The number of aldehydes is 1. The SMILES string of the molecule is CCCc1ccc(NS(=O)(=O)c2ccc3ccccc3c2)cc1C=O. The number of rotatable bonds is 6. The van der Waals surface area contributed by atoms with Gasteiger partial charge in [0, 0.05) is 11.3 Å². The van der Waals surface area contributed by atoms with Crippen LogP contribution in [0.1, 0.15) is 29.3 Å². The van der Waals surface area contributed by atoms with Gasteiger partial charge in [-0.15, -0.1) is 0 Å². The van der Waals surface area contributed by atoms with E-state index in [0.717, 1.165) is 35.5 Å². The Morgan fingerprint density at radius 3 is 2.44 bits per heavy atom. The van der Waals surface area contributed by atoms with Crippen LogP contribution in [-0.4, -0.2) is 14.7 Å². The van der Waals surface area contributed by atoms with E-state index >= 15 is 0 Å². The van der Waals surface area contributed by atoms with E-state index in [1.807, 2.05) is 31.2 Å². The summed E-state index contributed by atoms with van der Waals surface area (Å²) in [4.78, 5) is 11.5. The standard InChI is InChI=1S/C20H19NO3S/c1-2-5-15-8-10-19(12-18(15)14-22)21-25(23,24)20-11-9-16-6-3-4-7-17(16)13-20/h3-4,6-14,21H,2,5H2,1H3. The third-order valence-electron chi connectivity index (χ3n) is 4.08. The van der Waals surface area contributed by atoms with Gasteiger partial charge in [-0.25, -0.2) is 8.42 Å². The molecular formula is C20H19NO3S. The number of hydrogen-bond acceptors (Lipinski definition) is 3. The molecule has 0 saturated heterocycles. The van der Waals surface area contributed by atoms with Crippen molar-refractivity contribution in [3.05, 3.63) is 71.8 Å². The van der Waals surface area contributed by atoms with Crippen molar-refractivity contribution >= 4 is 32.8 Å². The van der Waals surface area contributed by atoms with Gasteiger partial charge in [-0.2, -0.15) is 0 Å². The first kappa shape index (κ1) is 17.2. The molecule has 0 bridgehead atoms. The Morgan fingerprint density at radius 1 is 0.960 bits per heavy atom. The minimum absolute atomic E-state index is 0.191. The molecule has 128 valence electrons. The lowest BCUT2D eigenvalue weighted by Crippen LogP contribution is -2.13. The maximum Gasteiger partial charge on any atom is 0.261 e. The van der Waals surface area contributed by atoms with E-state index in [0.29, 0.717) is 11.3 Å². The van der Waals surface area contributed by atoms with E-state index in [1.165, 1.54) is 0 Å². The number of sulfonamides is 1. The summed E-state index contributed by atoms with van der Waals surface area (Å²) in [5.74, 6) is 0. The summed E-state index contributed by atoms with van der Waals surface area (Å²) in [5, 5.41) is 1.84. The van der Waals surface area contributed by atoms with Gasteiger partial charge in [0.15, 0.2) is 0 Å². The molecule has 0 atom stereocenters. The third-order valence-corrected chi connectivity index (χ3v) is 5.45. The fraction of sp³-hybridized carbons (Fsp3) is 0.150. The lowest BCUT2D eigenvalue weighted by molar-refractivity contribution is 0.112. The van der Waals surface area contributed by atoms with Crippen molar-refractivity contribution in [1.29, 1.82) is 0 Å². The Bertz CT molecular complexity index is 1030. The fourth-order valence-corrected chi connectivity index (χ4v) is 3.90. The average Bonchev–Trinajstić information content (AvgIpc) is 2.62. The van der Waals surface area contributed by atoms with Crippen molar-refractivity contribution in [2.75, 3.05) is 4.72 Å². The zero-order chi connectivity index (χ0) is 17.9. The molecule has 5 heteroatoms. The summed E-state index contributed by atoms with van der Waals surface area (Å²) in [6, 6.07) is 17.7. The number of benzene rings is 3. The Kier molecular flexibility index (Phi) is 4.86. The molecule has 3 rings (SSSR count). The molecule has 0 spiro atoms. The van der Waals surface area contributed by atoms with Crippen LogP contribution in [0.15, 0.2) is 65.6 Å². The summed E-state index contributed by atoms with van der Waals surface area (Å²) in [7, 11) is -3.72. The average molecular weight is 353 g/mol. The molecule has 0 heterocycles. The number of nitrogens with one attached hydrogen (secondary N) is 1. The summed E-state index contributed by atoms with van der Waals surface area (Å²) >= 11 is 0. The minimum Gasteiger partial charge on any atom is -0.298 e. The Labute approximate surface area is 147 Å². The van der Waals surface area contributed by atoms with E-state index in [2.05, 4.69) is 4.72 Å². The molecule has 0 fully saturated rings. The van der Waals surface area contributed by atoms with Crippen molar-refractivity contribution in [3.63, 3.8) is 0 Å². The zero-order valence-corrected chi connectivity index (χ0v) is 14.7. The van der Waals surface area contributed by atoms with E-state index in [1.54, 1.807) is 36.4 Å². The van der Waals surface area contributed by atoms with E-state index in [4.69, 9.17) is 0 Å². The first-order valence-corrected chi connectivity index (χ1v) is 9.61. The third kappa shape index (κ3) is 3.72. The van der Waals surface area contributed by atoms with Crippen molar-refractivity contribution in [1.82, 2.24) is 0 Å². The number of aryl methyl sites for hydroxylation is 1. The molecular weight excluding hydrogens is 334 g/mol. The lowest BCUT2D eigenvalue weighted by Gasteiger charge is -2.11. The number of carbonyl (C=O) groups is 1. The molecule has 0 aliphatic carbocycles. The molecule has 0 aliphatic rings. The van der Waals surface area contributed by atoms with Crippen molar-refractivity contribution in [3.8, 4) is 0 Å². The molecule has 0 aromatic heterocycles. The molecule has 0 radical (unpaired) electrons. The van der Waals surface area contributed by atoms with Gasteiger partial charge in [0.05, 0.1) is 4.90 Å². The van der Waals surface area contributed by atoms with Gasteiger partial charge in [-0.1, -0.05) is 49.7 Å². The van der Waals surface area contributed by atoms with Gasteiger partial charge in [-0.05, 0) is 47.0 Å². The Hall–Kier alpha value is -2.66. The predicted octanol–water partition coefficient (Wildman–Crippen LogP) is 4.41. The van der Waals surface area contributed by atoms with Crippen molar-refractivity contribution < 1.29 is 13.2 Å². The maximum atomic E-state index is 12.7. The number of hydrogen-bond donors (Lipinski definition) is 1. The van der Waals surface area contributed by atoms with Gasteiger partial charge in [0.1, 0.15) is 6.29 Å². The highest BCUT2D eigenvalue weighted by atomic mass is 32.2. The quantitative estimate of drug-likeness (QED) is 0.668. The highest BCUT2D eigenvalue weighted by Crippen LogP contribution is 2.23. The Morgan fingerprint density at radius 2 is 1.72 bits per heavy atom. The highest BCUT2D eigenvalue weighted by molar-refractivity contribution is 7.92. The second-order valence-corrected chi connectivity index (χ2v) is 7.58. The predicted molar refractivity (Wildman–Crippen MR) is 101 cm³/mol. The van der Waals surface area contributed by atoms with Crippen LogP contribution in [0.5, 0.6) is 0 Å². The van der Waals surface area contributed by atoms with Crippen LogP contribution in [0.25, 0.3) is 10.8 Å². The van der Waals surface area contributed by atoms with Crippen molar-refractivity contribution in [2.24, 2.45) is 0 Å². The molecule has 0 unspecified atom stereocenters. The second kappa shape index (κ2) is 7.07. The molecule has 3 aromatic rings. The molecule has 4 nitrogen and oxygen atoms in total. The molecule has 1 N–H and O–H groups in total. The normalized spacial score (nSPS) is 11.4. The van der Waals surface area contributed by atoms with Gasteiger partial charge in [-0.3, -0.25) is 9.52 Å². The lowest BCUT2D eigenvalue weighted by atomic mass is 10.0. The van der Waals surface area contributed by atoms with Crippen LogP contribution in [0.2, 0.25) is 0 Å². The molecule has 25 heavy (non-hydrogen) atoms. The summed E-state index contributed by atoms with van der Waals surface area (Å²) < 4.78 is 27.9. The minimum atomic E-state index is -3.72. The summed E-state index contributed by atoms with van der Waals surface area (Å²) in [6.45, 7) is 2.03. The van der Waals surface area contributed by atoms with E-state index < -0.39 is 10.0 Å². The number of fused-ring (bicyclic) bond motifs is 1. The van der Waals surface area contributed by atoms with Crippen LogP contribution in [-0.2, 0) is 16.4 Å². The van der Waals surface area contributed by atoms with E-state index in [-0.39, 0.29) is 4.90 Å². The smallest absolute Gasteiger partial charge is 0.261 e. The maximum absolute atomic E-state index is 12.7. The summed E-state index contributed by atoms with van der Waals surface area (Å²) in [5.41, 5.74) is 1.82. The molecule has 3 aromatic carbocycles. The molecule has 0 amide bonds. The van der Waals surface area contributed by atoms with Crippen LogP contribution >= 0.6 is 0 Å². The van der Waals surface area contributed by atoms with Crippen LogP contribution in [0.4, 0.5) is 5.69 Å². The fourth-order valence-electron chi connectivity index (χ4n) is 2.81. The van der Waals surface area contributed by atoms with Crippen LogP contribution in [0.3, 0.4) is 0 Å². The van der Waals surface area contributed by atoms with Crippen LogP contribution in [0, 0.1) is 0 Å². The Balaban J connectivity index is 1.93. The molecule has 0 aliphatic heterocycles. The van der Waals surface area contributed by atoms with Crippen LogP contribution < -0.4 is 4.72 Å². The monoisotopic (exact) mass is 353 g/mol. The topological polar surface area (TPSA) is 63.2 Å². The first-order valence-electron chi connectivity index (χ1n) is 8.13. The van der Waals surface area contributed by atoms with Gasteiger partial charge in [0.2, 0.25) is 0 Å². The first-order chi connectivity index (χ1) is 12.0. The number of carbonyl (C=O) groups excluding carboxylic acids is 1. The number of anilines is 1. The second-order valence-electron chi connectivity index (χ2n) is 5.90. The van der Waals surface area contributed by atoms with E-state index in [9.17, 15) is 13.2 Å². The largest absolute Gasteiger partial charge is 0.298 e. The highest BCUT2D eigenvalue weighted by Gasteiger charge is 2.15. The van der Waals surface area contributed by atoms with Gasteiger partial charge < -0.3 is 0 Å². The van der Waals surface area contributed by atoms with Gasteiger partial charge in [0.25, 0.3) is 10.0 Å². The summed E-state index contributed by atoms with van der Waals surface area (Å²) in [6.07, 6.45) is 2.47. The van der Waals surface area contributed by atoms with Gasteiger partial charge >= 0.3 is 0 Å².